The first-order valence-corrected chi connectivity index (χ1v) is 6.04. The maximum atomic E-state index is 8.78. The summed E-state index contributed by atoms with van der Waals surface area (Å²) in [7, 11) is 0. The molecule has 0 amide bonds. The van der Waals surface area contributed by atoms with Gasteiger partial charge in [0.1, 0.15) is 17.6 Å². The minimum Gasteiger partial charge on any atom is -0.399 e. The third-order valence-corrected chi connectivity index (χ3v) is 2.93. The minimum absolute atomic E-state index is 0.388. The van der Waals surface area contributed by atoms with E-state index in [1.165, 1.54) is 0 Å². The van der Waals surface area contributed by atoms with Crippen molar-refractivity contribution in [3.8, 4) is 23.1 Å². The molecule has 0 bridgehead atoms. The van der Waals surface area contributed by atoms with Crippen LogP contribution >= 0.6 is 0 Å². The van der Waals surface area contributed by atoms with E-state index >= 15 is 0 Å². The molecular weight excluding hydrogens is 250 g/mol. The third-order valence-electron chi connectivity index (χ3n) is 2.93. The zero-order valence-electron chi connectivity index (χ0n) is 10.6. The summed E-state index contributed by atoms with van der Waals surface area (Å²) in [6.45, 7) is 0. The van der Waals surface area contributed by atoms with Crippen molar-refractivity contribution in [1.82, 2.24) is 14.5 Å². The zero-order chi connectivity index (χ0) is 13.9. The van der Waals surface area contributed by atoms with Gasteiger partial charge in [0.15, 0.2) is 0 Å². The van der Waals surface area contributed by atoms with E-state index in [9.17, 15) is 0 Å². The molecule has 0 aliphatic heterocycles. The highest BCUT2D eigenvalue weighted by Crippen LogP contribution is 2.22. The molecular formula is C15H11N5. The van der Waals surface area contributed by atoms with Crippen molar-refractivity contribution in [3.05, 3.63) is 60.7 Å². The van der Waals surface area contributed by atoms with Gasteiger partial charge in [0, 0.05) is 23.6 Å². The van der Waals surface area contributed by atoms with Crippen LogP contribution in [-0.2, 0) is 0 Å². The van der Waals surface area contributed by atoms with Crippen LogP contribution in [0.2, 0.25) is 0 Å². The van der Waals surface area contributed by atoms with Gasteiger partial charge < -0.3 is 5.73 Å². The fourth-order valence-corrected chi connectivity index (χ4v) is 2.00. The van der Waals surface area contributed by atoms with Crippen LogP contribution in [0.25, 0.3) is 17.1 Å². The van der Waals surface area contributed by atoms with E-state index in [0.29, 0.717) is 11.4 Å². The summed E-state index contributed by atoms with van der Waals surface area (Å²) < 4.78 is 1.91. The lowest BCUT2D eigenvalue weighted by atomic mass is 10.2. The average Bonchev–Trinajstić information content (AvgIpc) is 2.97. The molecule has 96 valence electrons. The first kappa shape index (κ1) is 11.9. The largest absolute Gasteiger partial charge is 0.399 e. The number of pyridine rings is 1. The number of rotatable bonds is 2. The second-order valence-electron chi connectivity index (χ2n) is 4.26. The van der Waals surface area contributed by atoms with Gasteiger partial charge >= 0.3 is 0 Å². The second-order valence-corrected chi connectivity index (χ2v) is 4.26. The van der Waals surface area contributed by atoms with Crippen LogP contribution in [0.4, 0.5) is 5.69 Å². The SMILES string of the molecule is N#Cc1ccc(-n2ccnc2-c2cccc(N)c2)cn1. The molecule has 1 aromatic carbocycles. The molecule has 0 spiro atoms. The number of hydrogen-bond donors (Lipinski definition) is 1. The number of nitrogen functional groups attached to an aromatic ring is 1. The summed E-state index contributed by atoms with van der Waals surface area (Å²) in [5, 5.41) is 8.78. The second kappa shape index (κ2) is 4.86. The predicted molar refractivity (Wildman–Crippen MR) is 75.9 cm³/mol. The third kappa shape index (κ3) is 2.10. The molecule has 0 radical (unpaired) electrons. The van der Waals surface area contributed by atoms with Crippen molar-refractivity contribution in [3.63, 3.8) is 0 Å². The summed E-state index contributed by atoms with van der Waals surface area (Å²) >= 11 is 0. The molecule has 5 heteroatoms. The maximum Gasteiger partial charge on any atom is 0.144 e. The van der Waals surface area contributed by atoms with Crippen molar-refractivity contribution in [2.24, 2.45) is 0 Å². The number of nitrogens with two attached hydrogens (primary N) is 1. The number of aromatic nitrogens is 3. The number of hydrogen-bond acceptors (Lipinski definition) is 4. The van der Waals surface area contributed by atoms with E-state index in [4.69, 9.17) is 11.0 Å². The Labute approximate surface area is 116 Å². The average molecular weight is 261 g/mol. The van der Waals surface area contributed by atoms with E-state index in [0.717, 1.165) is 17.1 Å². The van der Waals surface area contributed by atoms with Crippen LogP contribution in [0.5, 0.6) is 0 Å². The van der Waals surface area contributed by atoms with Crippen molar-refractivity contribution in [2.75, 3.05) is 5.73 Å². The lowest BCUT2D eigenvalue weighted by Gasteiger charge is -2.08. The lowest BCUT2D eigenvalue weighted by Crippen LogP contribution is -1.98. The number of nitrogens with zero attached hydrogens (tertiary/aromatic N) is 4. The van der Waals surface area contributed by atoms with Crippen molar-refractivity contribution in [1.29, 1.82) is 5.26 Å². The number of imidazole rings is 1. The van der Waals surface area contributed by atoms with Gasteiger partial charge in [0.05, 0.1) is 11.9 Å². The van der Waals surface area contributed by atoms with E-state index in [1.54, 1.807) is 18.5 Å². The van der Waals surface area contributed by atoms with Gasteiger partial charge in [-0.05, 0) is 24.3 Å². The van der Waals surface area contributed by atoms with Gasteiger partial charge in [-0.2, -0.15) is 5.26 Å². The van der Waals surface area contributed by atoms with Gasteiger partial charge in [0.25, 0.3) is 0 Å². The molecule has 0 saturated carbocycles. The number of nitriles is 1. The van der Waals surface area contributed by atoms with Crippen LogP contribution < -0.4 is 5.73 Å². The van der Waals surface area contributed by atoms with Gasteiger partial charge in [-0.3, -0.25) is 4.57 Å². The standard InChI is InChI=1S/C15H11N5/c16-9-13-4-5-14(10-19-13)20-7-6-18-15(20)11-2-1-3-12(17)8-11/h1-8,10H,17H2. The Bertz CT molecular complexity index is 781. The Hall–Kier alpha value is -3.13. The van der Waals surface area contributed by atoms with E-state index in [2.05, 4.69) is 9.97 Å². The molecule has 0 saturated heterocycles. The van der Waals surface area contributed by atoms with Crippen LogP contribution in [0.15, 0.2) is 55.0 Å². The molecule has 0 fully saturated rings. The van der Waals surface area contributed by atoms with E-state index in [1.807, 2.05) is 47.2 Å². The Balaban J connectivity index is 2.08. The predicted octanol–water partition coefficient (Wildman–Crippen LogP) is 2.39. The highest BCUT2D eigenvalue weighted by Gasteiger charge is 2.08. The molecule has 0 atom stereocenters. The van der Waals surface area contributed by atoms with Crippen LogP contribution in [-0.4, -0.2) is 14.5 Å². The first-order valence-electron chi connectivity index (χ1n) is 6.04. The van der Waals surface area contributed by atoms with Crippen molar-refractivity contribution in [2.45, 2.75) is 0 Å². The van der Waals surface area contributed by atoms with Crippen molar-refractivity contribution < 1.29 is 0 Å². The van der Waals surface area contributed by atoms with Crippen LogP contribution in [0.3, 0.4) is 0 Å². The topological polar surface area (TPSA) is 80.5 Å². The summed E-state index contributed by atoms with van der Waals surface area (Å²) in [6, 6.07) is 13.1. The molecule has 3 aromatic rings. The van der Waals surface area contributed by atoms with Crippen LogP contribution in [0, 0.1) is 11.3 Å². The smallest absolute Gasteiger partial charge is 0.144 e. The Morgan fingerprint density at radius 2 is 2.05 bits per heavy atom. The molecule has 0 unspecified atom stereocenters. The molecule has 20 heavy (non-hydrogen) atoms. The summed E-state index contributed by atoms with van der Waals surface area (Å²) in [6.07, 6.45) is 5.22. The number of benzene rings is 1. The van der Waals surface area contributed by atoms with Gasteiger partial charge in [0.2, 0.25) is 0 Å². The summed E-state index contributed by atoms with van der Waals surface area (Å²) in [5.74, 6) is 0.781. The van der Waals surface area contributed by atoms with Gasteiger partial charge in [-0.1, -0.05) is 12.1 Å². The van der Waals surface area contributed by atoms with Crippen molar-refractivity contribution >= 4 is 5.69 Å². The molecule has 0 aliphatic rings. The molecule has 2 N–H and O–H groups in total. The van der Waals surface area contributed by atoms with Gasteiger partial charge in [-0.15, -0.1) is 0 Å². The molecule has 0 aliphatic carbocycles. The zero-order valence-corrected chi connectivity index (χ0v) is 10.6. The van der Waals surface area contributed by atoms with Crippen LogP contribution in [0.1, 0.15) is 5.69 Å². The summed E-state index contributed by atoms with van der Waals surface area (Å²) in [5.41, 5.74) is 8.66. The normalized spacial score (nSPS) is 10.2. The lowest BCUT2D eigenvalue weighted by molar-refractivity contribution is 1.04. The van der Waals surface area contributed by atoms with E-state index < -0.39 is 0 Å². The molecule has 2 aromatic heterocycles. The Morgan fingerprint density at radius 3 is 2.75 bits per heavy atom. The fourth-order valence-electron chi connectivity index (χ4n) is 2.00. The highest BCUT2D eigenvalue weighted by molar-refractivity contribution is 5.63. The molecule has 5 nitrogen and oxygen atoms in total. The highest BCUT2D eigenvalue weighted by atomic mass is 15.1. The Kier molecular flexibility index (Phi) is 2.90. The minimum atomic E-state index is 0.388. The number of anilines is 1. The Morgan fingerprint density at radius 1 is 1.15 bits per heavy atom. The fraction of sp³-hybridized carbons (Fsp3) is 0. The van der Waals surface area contributed by atoms with E-state index in [-0.39, 0.29) is 0 Å². The molecule has 3 rings (SSSR count). The van der Waals surface area contributed by atoms with Gasteiger partial charge in [-0.25, -0.2) is 9.97 Å². The monoisotopic (exact) mass is 261 g/mol. The summed E-state index contributed by atoms with van der Waals surface area (Å²) in [4.78, 5) is 8.43. The first-order chi connectivity index (χ1) is 9.78. The quantitative estimate of drug-likeness (QED) is 0.718. The maximum absolute atomic E-state index is 8.78. The molecule has 2 heterocycles.